The summed E-state index contributed by atoms with van der Waals surface area (Å²) < 4.78 is 0. The second-order valence-corrected chi connectivity index (χ2v) is 6.75. The number of likely N-dealkylation sites (tertiary alicyclic amines) is 1. The summed E-state index contributed by atoms with van der Waals surface area (Å²) in [6.45, 7) is 7.66. The zero-order valence-corrected chi connectivity index (χ0v) is 12.7. The molecule has 1 aliphatic heterocycles. The Morgan fingerprint density at radius 2 is 1.85 bits per heavy atom. The Labute approximate surface area is 121 Å². The molecule has 1 fully saturated rings. The molecule has 2 rings (SSSR count). The number of aliphatic hydroxyl groups excluding tert-OH is 1. The van der Waals surface area contributed by atoms with Crippen LogP contribution in [0.1, 0.15) is 44.7 Å². The summed E-state index contributed by atoms with van der Waals surface area (Å²) in [7, 11) is 0. The molecule has 0 radical (unpaired) electrons. The van der Waals surface area contributed by atoms with Gasteiger partial charge in [0.2, 0.25) is 5.91 Å². The number of nitrogens with zero attached hydrogens (tertiary/aromatic N) is 1. The fourth-order valence-corrected chi connectivity index (χ4v) is 2.43. The molecule has 0 aromatic heterocycles. The lowest BCUT2D eigenvalue weighted by atomic mass is 9.86. The van der Waals surface area contributed by atoms with Crippen LogP contribution in [0.15, 0.2) is 24.3 Å². The second kappa shape index (κ2) is 5.96. The van der Waals surface area contributed by atoms with Crippen molar-refractivity contribution < 1.29 is 9.90 Å². The van der Waals surface area contributed by atoms with Gasteiger partial charge in [-0.3, -0.25) is 4.79 Å². The fraction of sp³-hybridized carbons (Fsp3) is 0.588. The van der Waals surface area contributed by atoms with Gasteiger partial charge in [-0.15, -0.1) is 0 Å². The van der Waals surface area contributed by atoms with Crippen molar-refractivity contribution in [1.29, 1.82) is 0 Å². The number of hydrogen-bond acceptors (Lipinski definition) is 2. The number of benzene rings is 1. The highest BCUT2D eigenvalue weighted by Crippen LogP contribution is 2.22. The number of aryl methyl sites for hydroxylation is 1. The maximum Gasteiger partial charge on any atom is 0.222 e. The second-order valence-electron chi connectivity index (χ2n) is 6.75. The predicted octanol–water partition coefficient (Wildman–Crippen LogP) is 2.51. The lowest BCUT2D eigenvalue weighted by Crippen LogP contribution is -2.53. The summed E-state index contributed by atoms with van der Waals surface area (Å²) in [6, 6.07) is 8.70. The first kappa shape index (κ1) is 15.0. The Hall–Kier alpha value is -1.35. The maximum absolute atomic E-state index is 11.8. The number of rotatable bonds is 4. The van der Waals surface area contributed by atoms with Gasteiger partial charge in [-0.05, 0) is 29.4 Å². The highest BCUT2D eigenvalue weighted by Gasteiger charge is 2.27. The van der Waals surface area contributed by atoms with E-state index in [2.05, 4.69) is 45.0 Å². The van der Waals surface area contributed by atoms with Gasteiger partial charge < -0.3 is 10.0 Å². The van der Waals surface area contributed by atoms with Gasteiger partial charge in [0, 0.05) is 19.5 Å². The number of carbonyl (C=O) groups is 1. The molecule has 0 aliphatic carbocycles. The molecule has 0 spiro atoms. The number of hydrogen-bond donors (Lipinski definition) is 1. The van der Waals surface area contributed by atoms with E-state index in [-0.39, 0.29) is 17.4 Å². The Bertz CT molecular complexity index is 453. The quantitative estimate of drug-likeness (QED) is 0.917. The molecule has 1 aromatic carbocycles. The van der Waals surface area contributed by atoms with Crippen LogP contribution in [0.2, 0.25) is 0 Å². The molecular weight excluding hydrogens is 250 g/mol. The zero-order chi connectivity index (χ0) is 14.8. The van der Waals surface area contributed by atoms with Crippen molar-refractivity contribution in [2.75, 3.05) is 13.1 Å². The predicted molar refractivity (Wildman–Crippen MR) is 80.7 cm³/mol. The summed E-state index contributed by atoms with van der Waals surface area (Å²) >= 11 is 0. The topological polar surface area (TPSA) is 40.5 Å². The molecule has 1 N–H and O–H groups in total. The molecule has 0 bridgehead atoms. The van der Waals surface area contributed by atoms with E-state index < -0.39 is 0 Å². The standard InChI is InChI=1S/C17H25NO2/c1-17(2,3)14-9-7-13(8-10-14)5-4-6-16(20)18-11-15(19)12-18/h7-10,15,19H,4-6,11-12H2,1-3H3. The van der Waals surface area contributed by atoms with Crippen molar-refractivity contribution >= 4 is 5.91 Å². The van der Waals surface area contributed by atoms with E-state index in [0.717, 1.165) is 12.8 Å². The van der Waals surface area contributed by atoms with Gasteiger partial charge in [-0.1, -0.05) is 45.0 Å². The monoisotopic (exact) mass is 275 g/mol. The van der Waals surface area contributed by atoms with E-state index in [1.807, 2.05) is 0 Å². The van der Waals surface area contributed by atoms with Crippen LogP contribution in [0, 0.1) is 0 Å². The van der Waals surface area contributed by atoms with Gasteiger partial charge in [0.1, 0.15) is 0 Å². The first-order chi connectivity index (χ1) is 9.36. The third-order valence-corrected chi connectivity index (χ3v) is 3.89. The minimum Gasteiger partial charge on any atom is -0.389 e. The van der Waals surface area contributed by atoms with Crippen LogP contribution in [-0.2, 0) is 16.6 Å². The average Bonchev–Trinajstić information content (AvgIpc) is 2.34. The zero-order valence-electron chi connectivity index (χ0n) is 12.7. The van der Waals surface area contributed by atoms with Gasteiger partial charge in [0.15, 0.2) is 0 Å². The lowest BCUT2D eigenvalue weighted by molar-refractivity contribution is -0.141. The largest absolute Gasteiger partial charge is 0.389 e. The summed E-state index contributed by atoms with van der Waals surface area (Å²) in [4.78, 5) is 13.5. The summed E-state index contributed by atoms with van der Waals surface area (Å²) in [5.74, 6) is 0.168. The molecule has 1 heterocycles. The smallest absolute Gasteiger partial charge is 0.222 e. The van der Waals surface area contributed by atoms with Crippen LogP contribution in [0.3, 0.4) is 0 Å². The van der Waals surface area contributed by atoms with Gasteiger partial charge in [-0.25, -0.2) is 0 Å². The van der Waals surface area contributed by atoms with Crippen molar-refractivity contribution in [1.82, 2.24) is 4.90 Å². The van der Waals surface area contributed by atoms with Crippen molar-refractivity contribution in [3.05, 3.63) is 35.4 Å². The summed E-state index contributed by atoms with van der Waals surface area (Å²) in [6.07, 6.45) is 2.09. The molecule has 1 amide bonds. The first-order valence-electron chi connectivity index (χ1n) is 7.41. The Morgan fingerprint density at radius 3 is 2.35 bits per heavy atom. The Balaban J connectivity index is 1.75. The SMILES string of the molecule is CC(C)(C)c1ccc(CCCC(=O)N2CC(O)C2)cc1. The molecule has 0 unspecified atom stereocenters. The van der Waals surface area contributed by atoms with E-state index in [1.54, 1.807) is 4.90 Å². The molecule has 3 heteroatoms. The van der Waals surface area contributed by atoms with E-state index in [1.165, 1.54) is 11.1 Å². The minimum absolute atomic E-state index is 0.168. The van der Waals surface area contributed by atoms with Crippen LogP contribution < -0.4 is 0 Å². The molecule has 20 heavy (non-hydrogen) atoms. The molecule has 0 saturated carbocycles. The number of carbonyl (C=O) groups excluding carboxylic acids is 1. The highest BCUT2D eigenvalue weighted by molar-refractivity contribution is 5.77. The maximum atomic E-state index is 11.8. The van der Waals surface area contributed by atoms with E-state index in [4.69, 9.17) is 5.11 Å². The Morgan fingerprint density at radius 1 is 1.25 bits per heavy atom. The highest BCUT2D eigenvalue weighted by atomic mass is 16.3. The molecule has 1 saturated heterocycles. The van der Waals surface area contributed by atoms with Crippen molar-refractivity contribution in [2.45, 2.75) is 51.6 Å². The molecule has 3 nitrogen and oxygen atoms in total. The molecule has 1 aliphatic rings. The van der Waals surface area contributed by atoms with Gasteiger partial charge in [0.05, 0.1) is 6.10 Å². The van der Waals surface area contributed by atoms with Crippen LogP contribution in [0.25, 0.3) is 0 Å². The van der Waals surface area contributed by atoms with Crippen molar-refractivity contribution in [3.8, 4) is 0 Å². The van der Waals surface area contributed by atoms with Crippen LogP contribution in [0.4, 0.5) is 0 Å². The van der Waals surface area contributed by atoms with Gasteiger partial charge in [-0.2, -0.15) is 0 Å². The van der Waals surface area contributed by atoms with E-state index >= 15 is 0 Å². The molecule has 0 atom stereocenters. The fourth-order valence-electron chi connectivity index (χ4n) is 2.43. The number of aliphatic hydroxyl groups is 1. The average molecular weight is 275 g/mol. The normalized spacial score (nSPS) is 16.1. The van der Waals surface area contributed by atoms with E-state index in [9.17, 15) is 4.79 Å². The third kappa shape index (κ3) is 3.83. The number of amides is 1. The molecular formula is C17H25NO2. The summed E-state index contributed by atoms with van der Waals surface area (Å²) in [5.41, 5.74) is 2.81. The lowest BCUT2D eigenvalue weighted by Gasteiger charge is -2.35. The molecule has 110 valence electrons. The number of β-amino-alcohol motifs (C(OH)–C–C–N with tert-alkyl or cyclic N) is 1. The van der Waals surface area contributed by atoms with Gasteiger partial charge in [0.25, 0.3) is 0 Å². The van der Waals surface area contributed by atoms with Crippen molar-refractivity contribution in [3.63, 3.8) is 0 Å². The van der Waals surface area contributed by atoms with Gasteiger partial charge >= 0.3 is 0 Å². The van der Waals surface area contributed by atoms with Crippen LogP contribution in [0.5, 0.6) is 0 Å². The minimum atomic E-state index is -0.302. The van der Waals surface area contributed by atoms with Crippen molar-refractivity contribution in [2.24, 2.45) is 0 Å². The van der Waals surface area contributed by atoms with E-state index in [0.29, 0.717) is 19.5 Å². The van der Waals surface area contributed by atoms with Crippen LogP contribution in [-0.4, -0.2) is 35.1 Å². The third-order valence-electron chi connectivity index (χ3n) is 3.89. The summed E-state index contributed by atoms with van der Waals surface area (Å²) in [5, 5.41) is 9.17. The Kier molecular flexibility index (Phi) is 4.48. The first-order valence-corrected chi connectivity index (χ1v) is 7.41. The molecule has 1 aromatic rings. The van der Waals surface area contributed by atoms with Crippen LogP contribution >= 0.6 is 0 Å².